The molecular formula is C13H21N3O. The first-order valence-electron chi connectivity index (χ1n) is 5.72. The molecule has 0 aromatic heterocycles. The summed E-state index contributed by atoms with van der Waals surface area (Å²) in [7, 11) is 0. The zero-order valence-electron chi connectivity index (χ0n) is 10.9. The summed E-state index contributed by atoms with van der Waals surface area (Å²) in [6, 6.07) is 7.28. The lowest BCUT2D eigenvalue weighted by Crippen LogP contribution is -2.47. The molecule has 4 N–H and O–H groups in total. The normalized spacial score (nSPS) is 12.9. The van der Waals surface area contributed by atoms with Gasteiger partial charge in [0.25, 0.3) is 0 Å². The third-order valence-electron chi connectivity index (χ3n) is 2.27. The fourth-order valence-corrected chi connectivity index (χ4v) is 1.44. The van der Waals surface area contributed by atoms with Crippen LogP contribution in [0.25, 0.3) is 0 Å². The molecule has 94 valence electrons. The van der Waals surface area contributed by atoms with Gasteiger partial charge in [-0.2, -0.15) is 0 Å². The molecule has 0 bridgehead atoms. The van der Waals surface area contributed by atoms with Crippen LogP contribution in [0.1, 0.15) is 39.3 Å². The smallest absolute Gasteiger partial charge is 0.315 e. The number of urea groups is 1. The second-order valence-electron chi connectivity index (χ2n) is 5.24. The number of anilines is 1. The van der Waals surface area contributed by atoms with Crippen molar-refractivity contribution in [3.05, 3.63) is 29.8 Å². The van der Waals surface area contributed by atoms with Crippen LogP contribution >= 0.6 is 0 Å². The second-order valence-corrected chi connectivity index (χ2v) is 5.24. The Labute approximate surface area is 103 Å². The van der Waals surface area contributed by atoms with Crippen LogP contribution in [0.5, 0.6) is 0 Å². The van der Waals surface area contributed by atoms with Crippen LogP contribution in [0, 0.1) is 0 Å². The summed E-state index contributed by atoms with van der Waals surface area (Å²) in [5, 5.41) is 5.74. The van der Waals surface area contributed by atoms with Crippen LogP contribution in [-0.2, 0) is 0 Å². The predicted molar refractivity (Wildman–Crippen MR) is 70.7 cm³/mol. The van der Waals surface area contributed by atoms with Gasteiger partial charge in [-0.25, -0.2) is 4.79 Å². The molecule has 2 amide bonds. The van der Waals surface area contributed by atoms with Crippen LogP contribution < -0.4 is 16.4 Å². The van der Waals surface area contributed by atoms with E-state index in [1.54, 1.807) is 0 Å². The van der Waals surface area contributed by atoms with Crippen LogP contribution in [0.2, 0.25) is 0 Å². The first-order chi connectivity index (χ1) is 7.78. The van der Waals surface area contributed by atoms with E-state index in [4.69, 9.17) is 5.73 Å². The quantitative estimate of drug-likeness (QED) is 0.689. The van der Waals surface area contributed by atoms with Crippen molar-refractivity contribution in [2.45, 2.75) is 39.3 Å². The molecule has 0 aliphatic carbocycles. The van der Waals surface area contributed by atoms with Gasteiger partial charge in [-0.05, 0) is 45.4 Å². The van der Waals surface area contributed by atoms with Crippen molar-refractivity contribution in [2.75, 3.05) is 5.73 Å². The first kappa shape index (κ1) is 13.4. The molecule has 4 nitrogen and oxygen atoms in total. The maximum atomic E-state index is 11.7. The second kappa shape index (κ2) is 5.08. The van der Waals surface area contributed by atoms with Gasteiger partial charge in [-0.15, -0.1) is 0 Å². The minimum atomic E-state index is -0.231. The van der Waals surface area contributed by atoms with Crippen molar-refractivity contribution in [1.29, 1.82) is 0 Å². The number of nitrogens with one attached hydrogen (secondary N) is 2. The molecule has 1 atom stereocenters. The Bertz CT molecular complexity index is 379. The van der Waals surface area contributed by atoms with Crippen molar-refractivity contribution in [3.63, 3.8) is 0 Å². The highest BCUT2D eigenvalue weighted by Gasteiger charge is 2.15. The highest BCUT2D eigenvalue weighted by molar-refractivity contribution is 5.75. The monoisotopic (exact) mass is 235 g/mol. The summed E-state index contributed by atoms with van der Waals surface area (Å²) in [4.78, 5) is 11.7. The Hall–Kier alpha value is -1.71. The van der Waals surface area contributed by atoms with E-state index in [9.17, 15) is 4.79 Å². The van der Waals surface area contributed by atoms with Crippen molar-refractivity contribution in [1.82, 2.24) is 10.6 Å². The van der Waals surface area contributed by atoms with E-state index < -0.39 is 0 Å². The molecule has 0 radical (unpaired) electrons. The van der Waals surface area contributed by atoms with Crippen LogP contribution in [-0.4, -0.2) is 11.6 Å². The Morgan fingerprint density at radius 2 is 1.76 bits per heavy atom. The Morgan fingerprint density at radius 3 is 2.24 bits per heavy atom. The van der Waals surface area contributed by atoms with Gasteiger partial charge in [0.05, 0.1) is 6.04 Å². The molecule has 4 heteroatoms. The largest absolute Gasteiger partial charge is 0.399 e. The molecule has 0 aliphatic heterocycles. The molecule has 0 fully saturated rings. The SMILES string of the molecule is CC(NC(=O)NC(C)(C)C)c1ccc(N)cc1. The summed E-state index contributed by atoms with van der Waals surface area (Å²) in [5.41, 5.74) is 7.13. The Morgan fingerprint density at radius 1 is 1.24 bits per heavy atom. The van der Waals surface area contributed by atoms with Crippen molar-refractivity contribution in [3.8, 4) is 0 Å². The van der Waals surface area contributed by atoms with Gasteiger partial charge in [0.1, 0.15) is 0 Å². The number of carbonyl (C=O) groups is 1. The molecule has 1 aromatic rings. The third-order valence-corrected chi connectivity index (χ3v) is 2.27. The molecule has 0 spiro atoms. The van der Waals surface area contributed by atoms with Gasteiger partial charge in [0.15, 0.2) is 0 Å². The summed E-state index contributed by atoms with van der Waals surface area (Å²) in [6.45, 7) is 7.77. The highest BCUT2D eigenvalue weighted by atomic mass is 16.2. The Balaban J connectivity index is 2.57. The molecule has 1 rings (SSSR count). The van der Waals surface area contributed by atoms with Crippen molar-refractivity contribution >= 4 is 11.7 Å². The maximum Gasteiger partial charge on any atom is 0.315 e. The summed E-state index contributed by atoms with van der Waals surface area (Å²) >= 11 is 0. The van der Waals surface area contributed by atoms with E-state index >= 15 is 0 Å². The maximum absolute atomic E-state index is 11.7. The minimum absolute atomic E-state index is 0.0436. The van der Waals surface area contributed by atoms with Gasteiger partial charge in [-0.3, -0.25) is 0 Å². The number of rotatable bonds is 2. The predicted octanol–water partition coefficient (Wildman–Crippen LogP) is 2.43. The van der Waals surface area contributed by atoms with E-state index in [0.29, 0.717) is 0 Å². The van der Waals surface area contributed by atoms with Crippen LogP contribution in [0.4, 0.5) is 10.5 Å². The lowest BCUT2D eigenvalue weighted by Gasteiger charge is -2.23. The van der Waals surface area contributed by atoms with Crippen LogP contribution in [0.15, 0.2) is 24.3 Å². The van der Waals surface area contributed by atoms with Gasteiger partial charge in [0, 0.05) is 11.2 Å². The van der Waals surface area contributed by atoms with Gasteiger partial charge < -0.3 is 16.4 Å². The fraction of sp³-hybridized carbons (Fsp3) is 0.462. The van der Waals surface area contributed by atoms with Gasteiger partial charge in [0.2, 0.25) is 0 Å². The fourth-order valence-electron chi connectivity index (χ4n) is 1.44. The first-order valence-corrected chi connectivity index (χ1v) is 5.72. The summed E-state index contributed by atoms with van der Waals surface area (Å²) in [6.07, 6.45) is 0. The highest BCUT2D eigenvalue weighted by Crippen LogP contribution is 2.14. The lowest BCUT2D eigenvalue weighted by molar-refractivity contribution is 0.229. The molecular weight excluding hydrogens is 214 g/mol. The van der Waals surface area contributed by atoms with Crippen molar-refractivity contribution < 1.29 is 4.79 Å². The van der Waals surface area contributed by atoms with E-state index in [-0.39, 0.29) is 17.6 Å². The number of nitrogens with two attached hydrogens (primary N) is 1. The van der Waals surface area contributed by atoms with E-state index in [0.717, 1.165) is 11.3 Å². The van der Waals surface area contributed by atoms with E-state index in [2.05, 4.69) is 10.6 Å². The standard InChI is InChI=1S/C13H21N3O/c1-9(10-5-7-11(14)8-6-10)15-12(17)16-13(2,3)4/h5-9H,14H2,1-4H3,(H2,15,16,17). The number of hydrogen-bond donors (Lipinski definition) is 3. The number of carbonyl (C=O) groups excluding carboxylic acids is 1. The van der Waals surface area contributed by atoms with Crippen LogP contribution in [0.3, 0.4) is 0 Å². The minimum Gasteiger partial charge on any atom is -0.399 e. The topological polar surface area (TPSA) is 67.2 Å². The lowest BCUT2D eigenvalue weighted by atomic mass is 10.1. The third kappa shape index (κ3) is 4.76. The molecule has 0 saturated heterocycles. The van der Waals surface area contributed by atoms with E-state index in [1.165, 1.54) is 0 Å². The molecule has 17 heavy (non-hydrogen) atoms. The van der Waals surface area contributed by atoms with Gasteiger partial charge in [-0.1, -0.05) is 12.1 Å². The Kier molecular flexibility index (Phi) is 3.99. The van der Waals surface area contributed by atoms with Gasteiger partial charge >= 0.3 is 6.03 Å². The zero-order chi connectivity index (χ0) is 13.1. The molecule has 0 aliphatic rings. The number of benzene rings is 1. The average molecular weight is 235 g/mol. The molecule has 0 heterocycles. The summed E-state index contributed by atoms with van der Waals surface area (Å²) < 4.78 is 0. The number of nitrogen functional groups attached to an aromatic ring is 1. The summed E-state index contributed by atoms with van der Waals surface area (Å²) in [5.74, 6) is 0. The molecule has 0 saturated carbocycles. The molecule has 1 aromatic carbocycles. The van der Waals surface area contributed by atoms with Crippen molar-refractivity contribution in [2.24, 2.45) is 0 Å². The average Bonchev–Trinajstić information content (AvgIpc) is 2.15. The number of amides is 2. The zero-order valence-corrected chi connectivity index (χ0v) is 10.9. The molecule has 1 unspecified atom stereocenters. The van der Waals surface area contributed by atoms with E-state index in [1.807, 2.05) is 52.0 Å². The number of hydrogen-bond acceptors (Lipinski definition) is 2.